The predicted molar refractivity (Wildman–Crippen MR) is 107 cm³/mol. The maximum absolute atomic E-state index is 5.63. The van der Waals surface area contributed by atoms with E-state index in [2.05, 4.69) is 73.9 Å². The highest BCUT2D eigenvalue weighted by Crippen LogP contribution is 2.39. The molecule has 2 aromatic carbocycles. The summed E-state index contributed by atoms with van der Waals surface area (Å²) < 4.78 is 0. The lowest BCUT2D eigenvalue weighted by atomic mass is 9.87. The van der Waals surface area contributed by atoms with Gasteiger partial charge in [0.1, 0.15) is 0 Å². The van der Waals surface area contributed by atoms with E-state index >= 15 is 0 Å². The fourth-order valence-corrected chi connectivity index (χ4v) is 3.92. The Morgan fingerprint density at radius 3 is 2.38 bits per heavy atom. The van der Waals surface area contributed by atoms with Gasteiger partial charge in [-0.25, -0.2) is 0 Å². The fraction of sp³-hybridized carbons (Fsp3) is 0.381. The summed E-state index contributed by atoms with van der Waals surface area (Å²) >= 11 is 5.63. The van der Waals surface area contributed by atoms with Gasteiger partial charge in [-0.05, 0) is 74.7 Å². The Morgan fingerprint density at radius 1 is 0.958 bits per heavy atom. The summed E-state index contributed by atoms with van der Waals surface area (Å²) in [5.41, 5.74) is 6.24. The molecule has 0 bridgehead atoms. The van der Waals surface area contributed by atoms with Crippen LogP contribution in [0.4, 0.5) is 5.69 Å². The minimum atomic E-state index is -0.0319. The Labute approximate surface area is 150 Å². The Morgan fingerprint density at radius 2 is 1.71 bits per heavy atom. The van der Waals surface area contributed by atoms with E-state index in [0.717, 1.165) is 18.5 Å². The maximum atomic E-state index is 5.63. The monoisotopic (exact) mass is 338 g/mol. The first-order valence-corrected chi connectivity index (χ1v) is 9.13. The van der Waals surface area contributed by atoms with Gasteiger partial charge in [0, 0.05) is 5.69 Å². The third-order valence-electron chi connectivity index (χ3n) is 5.15. The highest BCUT2D eigenvalue weighted by molar-refractivity contribution is 7.80. The summed E-state index contributed by atoms with van der Waals surface area (Å²) in [5, 5.41) is 7.71. The second-order valence-electron chi connectivity index (χ2n) is 7.04. The molecule has 1 saturated carbocycles. The van der Waals surface area contributed by atoms with E-state index in [9.17, 15) is 0 Å². The second-order valence-corrected chi connectivity index (χ2v) is 7.45. The Bertz CT molecular complexity index is 745. The van der Waals surface area contributed by atoms with Gasteiger partial charge in [-0.3, -0.25) is 0 Å². The molecule has 126 valence electrons. The molecule has 1 aliphatic carbocycles. The van der Waals surface area contributed by atoms with Gasteiger partial charge in [0.25, 0.3) is 0 Å². The molecule has 0 aromatic heterocycles. The van der Waals surface area contributed by atoms with Gasteiger partial charge in [-0.1, -0.05) is 48.7 Å². The van der Waals surface area contributed by atoms with E-state index in [0.29, 0.717) is 5.11 Å². The maximum Gasteiger partial charge on any atom is 0.171 e. The van der Waals surface area contributed by atoms with Crippen LogP contribution < -0.4 is 10.6 Å². The van der Waals surface area contributed by atoms with Gasteiger partial charge in [0.2, 0.25) is 0 Å². The molecule has 1 aliphatic rings. The van der Waals surface area contributed by atoms with Crippen molar-refractivity contribution in [2.45, 2.75) is 52.0 Å². The van der Waals surface area contributed by atoms with Gasteiger partial charge < -0.3 is 10.6 Å². The van der Waals surface area contributed by atoms with Crippen molar-refractivity contribution in [3.05, 3.63) is 64.7 Å². The van der Waals surface area contributed by atoms with Gasteiger partial charge in [-0.2, -0.15) is 0 Å². The number of rotatable bonds is 3. The highest BCUT2D eigenvalue weighted by atomic mass is 32.1. The molecule has 2 N–H and O–H groups in total. The zero-order chi connectivity index (χ0) is 17.2. The first kappa shape index (κ1) is 17.0. The van der Waals surface area contributed by atoms with Crippen LogP contribution in [-0.2, 0) is 5.54 Å². The van der Waals surface area contributed by atoms with Crippen LogP contribution in [0.3, 0.4) is 0 Å². The number of hydrogen-bond donors (Lipinski definition) is 2. The second kappa shape index (κ2) is 6.94. The van der Waals surface area contributed by atoms with E-state index in [4.69, 9.17) is 12.2 Å². The zero-order valence-electron chi connectivity index (χ0n) is 14.8. The third kappa shape index (κ3) is 3.62. The molecule has 0 saturated heterocycles. The number of benzene rings is 2. The Balaban J connectivity index is 1.78. The quantitative estimate of drug-likeness (QED) is 0.736. The first-order valence-electron chi connectivity index (χ1n) is 8.72. The van der Waals surface area contributed by atoms with Crippen molar-refractivity contribution in [3.8, 4) is 0 Å². The van der Waals surface area contributed by atoms with Crippen LogP contribution >= 0.6 is 12.2 Å². The predicted octanol–water partition coefficient (Wildman–Crippen LogP) is 5.37. The van der Waals surface area contributed by atoms with Crippen LogP contribution in [0.2, 0.25) is 0 Å². The van der Waals surface area contributed by atoms with E-state index in [1.54, 1.807) is 0 Å². The van der Waals surface area contributed by atoms with Crippen molar-refractivity contribution in [3.63, 3.8) is 0 Å². The van der Waals surface area contributed by atoms with E-state index in [1.807, 2.05) is 0 Å². The molecule has 0 atom stereocenters. The molecule has 3 rings (SSSR count). The zero-order valence-corrected chi connectivity index (χ0v) is 15.6. The fourth-order valence-electron chi connectivity index (χ4n) is 3.61. The molecule has 0 radical (unpaired) electrons. The molecule has 0 unspecified atom stereocenters. The van der Waals surface area contributed by atoms with Crippen molar-refractivity contribution in [2.75, 3.05) is 5.32 Å². The minimum Gasteiger partial charge on any atom is -0.353 e. The van der Waals surface area contributed by atoms with Gasteiger partial charge >= 0.3 is 0 Å². The van der Waals surface area contributed by atoms with Crippen molar-refractivity contribution in [1.29, 1.82) is 0 Å². The normalized spacial score (nSPS) is 16.0. The number of thiocarbonyl (C=S) groups is 1. The van der Waals surface area contributed by atoms with Crippen molar-refractivity contribution < 1.29 is 0 Å². The van der Waals surface area contributed by atoms with Gasteiger partial charge in [-0.15, -0.1) is 0 Å². The molecule has 24 heavy (non-hydrogen) atoms. The molecule has 0 amide bonds. The molecular weight excluding hydrogens is 312 g/mol. The van der Waals surface area contributed by atoms with Crippen LogP contribution in [0.15, 0.2) is 42.5 Å². The number of nitrogens with one attached hydrogen (secondary N) is 2. The lowest BCUT2D eigenvalue weighted by molar-refractivity contribution is 0.408. The number of anilines is 1. The van der Waals surface area contributed by atoms with Crippen LogP contribution in [-0.4, -0.2) is 5.11 Å². The lowest BCUT2D eigenvalue weighted by Gasteiger charge is -2.33. The van der Waals surface area contributed by atoms with Crippen LogP contribution in [0.1, 0.15) is 47.9 Å². The van der Waals surface area contributed by atoms with Crippen LogP contribution in [0.25, 0.3) is 0 Å². The number of aryl methyl sites for hydroxylation is 3. The topological polar surface area (TPSA) is 24.1 Å². The van der Waals surface area contributed by atoms with Crippen LogP contribution in [0, 0.1) is 20.8 Å². The molecule has 0 heterocycles. The molecule has 2 aromatic rings. The smallest absolute Gasteiger partial charge is 0.171 e. The molecule has 3 heteroatoms. The lowest BCUT2D eigenvalue weighted by Crippen LogP contribution is -2.45. The van der Waals surface area contributed by atoms with E-state index < -0.39 is 0 Å². The van der Waals surface area contributed by atoms with E-state index in [1.165, 1.54) is 35.1 Å². The molecule has 2 nitrogen and oxygen atoms in total. The Kier molecular flexibility index (Phi) is 4.91. The van der Waals surface area contributed by atoms with Crippen molar-refractivity contribution in [1.82, 2.24) is 5.32 Å². The van der Waals surface area contributed by atoms with Crippen LogP contribution in [0.5, 0.6) is 0 Å². The average Bonchev–Trinajstić information content (AvgIpc) is 3.00. The van der Waals surface area contributed by atoms with Gasteiger partial charge in [0.05, 0.1) is 5.54 Å². The summed E-state index contributed by atoms with van der Waals surface area (Å²) in [5.74, 6) is 0. The third-order valence-corrected chi connectivity index (χ3v) is 5.35. The highest BCUT2D eigenvalue weighted by Gasteiger charge is 2.36. The number of hydrogen-bond acceptors (Lipinski definition) is 1. The van der Waals surface area contributed by atoms with Crippen molar-refractivity contribution in [2.24, 2.45) is 0 Å². The molecule has 0 aliphatic heterocycles. The summed E-state index contributed by atoms with van der Waals surface area (Å²) in [6.07, 6.45) is 4.75. The SMILES string of the molecule is Cc1cccc(C2(NC(=S)Nc3ccc(C)c(C)c3)CCCC2)c1. The molecule has 0 spiro atoms. The van der Waals surface area contributed by atoms with Gasteiger partial charge in [0.15, 0.2) is 5.11 Å². The standard InChI is InChI=1S/C21H26N2S/c1-15-7-6-8-18(13-15)21(11-4-5-12-21)23-20(24)22-19-10-9-16(2)17(3)14-19/h6-10,13-14H,4-5,11-12H2,1-3H3,(H2,22,23,24). The Hall–Kier alpha value is -1.87. The summed E-state index contributed by atoms with van der Waals surface area (Å²) in [4.78, 5) is 0. The summed E-state index contributed by atoms with van der Waals surface area (Å²) in [6, 6.07) is 15.2. The van der Waals surface area contributed by atoms with E-state index in [-0.39, 0.29) is 5.54 Å². The first-order chi connectivity index (χ1) is 11.5. The summed E-state index contributed by atoms with van der Waals surface area (Å²) in [6.45, 7) is 6.40. The molecule has 1 fully saturated rings. The average molecular weight is 339 g/mol. The minimum absolute atomic E-state index is 0.0319. The summed E-state index contributed by atoms with van der Waals surface area (Å²) in [7, 11) is 0. The van der Waals surface area contributed by atoms with Crippen molar-refractivity contribution >= 4 is 23.0 Å². The molecular formula is C21H26N2S. The largest absolute Gasteiger partial charge is 0.353 e.